The van der Waals surface area contributed by atoms with Crippen LogP contribution < -0.4 is 5.32 Å². The van der Waals surface area contributed by atoms with Gasteiger partial charge in [0.2, 0.25) is 0 Å². The number of aromatic amines is 1. The SMILES string of the molecule is OC1CCC(CNCc2cnc[nH]2)CC1. The van der Waals surface area contributed by atoms with E-state index in [1.54, 1.807) is 6.33 Å². The minimum absolute atomic E-state index is 0.0474. The van der Waals surface area contributed by atoms with Gasteiger partial charge in [0.05, 0.1) is 12.4 Å². The molecule has 4 heteroatoms. The molecule has 0 unspecified atom stereocenters. The Morgan fingerprint density at radius 3 is 2.87 bits per heavy atom. The fourth-order valence-corrected chi connectivity index (χ4v) is 2.14. The lowest BCUT2D eigenvalue weighted by molar-refractivity contribution is 0.108. The first-order valence-corrected chi connectivity index (χ1v) is 5.70. The minimum atomic E-state index is -0.0474. The first kappa shape index (κ1) is 10.6. The molecule has 4 nitrogen and oxygen atoms in total. The number of aromatic nitrogens is 2. The summed E-state index contributed by atoms with van der Waals surface area (Å²) in [6, 6.07) is 0. The van der Waals surface area contributed by atoms with Crippen LogP contribution in [-0.4, -0.2) is 27.7 Å². The zero-order valence-electron chi connectivity index (χ0n) is 8.95. The molecule has 0 radical (unpaired) electrons. The lowest BCUT2D eigenvalue weighted by Crippen LogP contribution is -2.27. The van der Waals surface area contributed by atoms with Crippen LogP contribution in [0.2, 0.25) is 0 Å². The van der Waals surface area contributed by atoms with E-state index in [1.165, 1.54) is 0 Å². The number of nitrogens with one attached hydrogen (secondary N) is 2. The highest BCUT2D eigenvalue weighted by atomic mass is 16.3. The standard InChI is InChI=1S/C11H19N3O/c15-11-3-1-9(2-4-11)5-12-6-10-7-13-8-14-10/h7-9,11-12,15H,1-6H2,(H,13,14). The fraction of sp³-hybridized carbons (Fsp3) is 0.727. The third kappa shape index (κ3) is 3.32. The number of nitrogens with zero attached hydrogens (tertiary/aromatic N) is 1. The third-order valence-corrected chi connectivity index (χ3v) is 3.12. The Hall–Kier alpha value is -0.870. The van der Waals surface area contributed by atoms with Crippen LogP contribution in [0.5, 0.6) is 0 Å². The van der Waals surface area contributed by atoms with Crippen LogP contribution >= 0.6 is 0 Å². The summed E-state index contributed by atoms with van der Waals surface area (Å²) in [5, 5.41) is 12.8. The van der Waals surface area contributed by atoms with Gasteiger partial charge in [-0.1, -0.05) is 0 Å². The molecular weight excluding hydrogens is 190 g/mol. The van der Waals surface area contributed by atoms with E-state index in [1.807, 2.05) is 6.20 Å². The van der Waals surface area contributed by atoms with Crippen molar-refractivity contribution in [3.05, 3.63) is 18.2 Å². The van der Waals surface area contributed by atoms with Crippen LogP contribution in [0.4, 0.5) is 0 Å². The van der Waals surface area contributed by atoms with E-state index in [2.05, 4.69) is 15.3 Å². The van der Waals surface area contributed by atoms with Crippen LogP contribution in [0.1, 0.15) is 31.4 Å². The third-order valence-electron chi connectivity index (χ3n) is 3.12. The lowest BCUT2D eigenvalue weighted by Gasteiger charge is -2.25. The van der Waals surface area contributed by atoms with Gasteiger partial charge in [-0.05, 0) is 38.1 Å². The second-order valence-electron chi connectivity index (χ2n) is 4.38. The predicted molar refractivity (Wildman–Crippen MR) is 58.3 cm³/mol. The quantitative estimate of drug-likeness (QED) is 0.694. The topological polar surface area (TPSA) is 60.9 Å². The van der Waals surface area contributed by atoms with Gasteiger partial charge in [0, 0.05) is 18.4 Å². The number of aliphatic hydroxyl groups is 1. The number of hydrogen-bond acceptors (Lipinski definition) is 3. The summed E-state index contributed by atoms with van der Waals surface area (Å²) in [6.45, 7) is 1.91. The van der Waals surface area contributed by atoms with E-state index in [-0.39, 0.29) is 6.10 Å². The van der Waals surface area contributed by atoms with E-state index in [9.17, 15) is 5.11 Å². The summed E-state index contributed by atoms with van der Waals surface area (Å²) in [4.78, 5) is 7.04. The number of rotatable bonds is 4. The number of aliphatic hydroxyl groups excluding tert-OH is 1. The second-order valence-corrected chi connectivity index (χ2v) is 4.38. The average Bonchev–Trinajstić information content (AvgIpc) is 2.74. The molecule has 3 N–H and O–H groups in total. The summed E-state index contributed by atoms with van der Waals surface area (Å²) < 4.78 is 0. The molecule has 84 valence electrons. The Balaban J connectivity index is 1.62. The van der Waals surface area contributed by atoms with Crippen molar-refractivity contribution in [1.82, 2.24) is 15.3 Å². The molecule has 1 aromatic heterocycles. The van der Waals surface area contributed by atoms with Crippen molar-refractivity contribution in [3.63, 3.8) is 0 Å². The second kappa shape index (κ2) is 5.28. The maximum atomic E-state index is 9.37. The summed E-state index contributed by atoms with van der Waals surface area (Å²) in [7, 11) is 0. The van der Waals surface area contributed by atoms with Crippen molar-refractivity contribution in [2.45, 2.75) is 38.3 Å². The van der Waals surface area contributed by atoms with Crippen molar-refractivity contribution in [2.24, 2.45) is 5.92 Å². The molecule has 1 aliphatic carbocycles. The molecule has 0 aromatic carbocycles. The van der Waals surface area contributed by atoms with E-state index in [0.717, 1.165) is 50.4 Å². The van der Waals surface area contributed by atoms with Gasteiger partial charge in [-0.3, -0.25) is 0 Å². The molecular formula is C11H19N3O. The largest absolute Gasteiger partial charge is 0.393 e. The van der Waals surface area contributed by atoms with E-state index in [0.29, 0.717) is 0 Å². The number of hydrogen-bond donors (Lipinski definition) is 3. The van der Waals surface area contributed by atoms with E-state index >= 15 is 0 Å². The molecule has 0 bridgehead atoms. The predicted octanol–water partition coefficient (Wildman–Crippen LogP) is 1.05. The Kier molecular flexibility index (Phi) is 3.75. The molecule has 1 aliphatic rings. The van der Waals surface area contributed by atoms with Crippen molar-refractivity contribution >= 4 is 0 Å². The molecule has 1 saturated carbocycles. The molecule has 2 rings (SSSR count). The molecule has 0 atom stereocenters. The Bertz CT molecular complexity index is 265. The highest BCUT2D eigenvalue weighted by Gasteiger charge is 2.18. The van der Waals surface area contributed by atoms with Crippen LogP contribution in [0.15, 0.2) is 12.5 Å². The Morgan fingerprint density at radius 1 is 1.40 bits per heavy atom. The van der Waals surface area contributed by atoms with Crippen LogP contribution in [0.3, 0.4) is 0 Å². The fourth-order valence-electron chi connectivity index (χ4n) is 2.14. The summed E-state index contributed by atoms with van der Waals surface area (Å²) in [6.07, 6.45) is 7.74. The zero-order chi connectivity index (χ0) is 10.5. The van der Waals surface area contributed by atoms with Crippen LogP contribution in [0, 0.1) is 5.92 Å². The van der Waals surface area contributed by atoms with Crippen molar-refractivity contribution in [2.75, 3.05) is 6.54 Å². The number of imidazole rings is 1. The zero-order valence-corrected chi connectivity index (χ0v) is 8.95. The Labute approximate surface area is 90.1 Å². The van der Waals surface area contributed by atoms with Gasteiger partial charge in [0.1, 0.15) is 0 Å². The molecule has 0 saturated heterocycles. The Morgan fingerprint density at radius 2 is 2.20 bits per heavy atom. The molecule has 1 fully saturated rings. The highest BCUT2D eigenvalue weighted by Crippen LogP contribution is 2.23. The summed E-state index contributed by atoms with van der Waals surface area (Å²) in [5.41, 5.74) is 1.13. The first-order chi connectivity index (χ1) is 7.34. The van der Waals surface area contributed by atoms with Gasteiger partial charge >= 0.3 is 0 Å². The van der Waals surface area contributed by atoms with E-state index < -0.39 is 0 Å². The van der Waals surface area contributed by atoms with Gasteiger partial charge < -0.3 is 15.4 Å². The maximum Gasteiger partial charge on any atom is 0.0922 e. The van der Waals surface area contributed by atoms with Gasteiger partial charge in [-0.2, -0.15) is 0 Å². The van der Waals surface area contributed by atoms with Crippen molar-refractivity contribution in [3.8, 4) is 0 Å². The van der Waals surface area contributed by atoms with Gasteiger partial charge in [-0.25, -0.2) is 4.98 Å². The first-order valence-electron chi connectivity index (χ1n) is 5.70. The summed E-state index contributed by atoms with van der Waals surface area (Å²) in [5.74, 6) is 0.733. The summed E-state index contributed by atoms with van der Waals surface area (Å²) >= 11 is 0. The average molecular weight is 209 g/mol. The molecule has 1 aromatic rings. The molecule has 1 heterocycles. The van der Waals surface area contributed by atoms with Crippen LogP contribution in [-0.2, 0) is 6.54 Å². The molecule has 15 heavy (non-hydrogen) atoms. The smallest absolute Gasteiger partial charge is 0.0922 e. The van der Waals surface area contributed by atoms with Crippen LogP contribution in [0.25, 0.3) is 0 Å². The minimum Gasteiger partial charge on any atom is -0.393 e. The molecule has 0 amide bonds. The maximum absolute atomic E-state index is 9.37. The normalized spacial score (nSPS) is 26.7. The molecule has 0 aliphatic heterocycles. The van der Waals surface area contributed by atoms with E-state index in [4.69, 9.17) is 0 Å². The lowest BCUT2D eigenvalue weighted by atomic mass is 9.87. The number of H-pyrrole nitrogens is 1. The monoisotopic (exact) mass is 209 g/mol. The highest BCUT2D eigenvalue weighted by molar-refractivity contribution is 4.93. The van der Waals surface area contributed by atoms with Gasteiger partial charge in [0.15, 0.2) is 0 Å². The molecule has 0 spiro atoms. The van der Waals surface area contributed by atoms with Crippen molar-refractivity contribution < 1.29 is 5.11 Å². The van der Waals surface area contributed by atoms with Gasteiger partial charge in [0.25, 0.3) is 0 Å². The van der Waals surface area contributed by atoms with Gasteiger partial charge in [-0.15, -0.1) is 0 Å². The van der Waals surface area contributed by atoms with Crippen molar-refractivity contribution in [1.29, 1.82) is 0 Å².